The maximum absolute atomic E-state index is 4.77. The van der Waals surface area contributed by atoms with E-state index in [9.17, 15) is 0 Å². The molecule has 0 unspecified atom stereocenters. The first-order valence-corrected chi connectivity index (χ1v) is 10.5. The van der Waals surface area contributed by atoms with Gasteiger partial charge in [0.2, 0.25) is 4.96 Å². The van der Waals surface area contributed by atoms with E-state index in [4.69, 9.17) is 5.10 Å². The summed E-state index contributed by atoms with van der Waals surface area (Å²) in [5, 5.41) is 25.8. The second-order valence-electron chi connectivity index (χ2n) is 5.62. The predicted molar refractivity (Wildman–Crippen MR) is 106 cm³/mol. The van der Waals surface area contributed by atoms with Gasteiger partial charge in [-0.1, -0.05) is 76.9 Å². The topological polar surface area (TPSA) is 68.9 Å². The van der Waals surface area contributed by atoms with Crippen LogP contribution in [-0.2, 0) is 5.75 Å². The van der Waals surface area contributed by atoms with Crippen molar-refractivity contribution >= 4 is 50.2 Å². The van der Waals surface area contributed by atoms with Crippen molar-refractivity contribution < 1.29 is 0 Å². The molecule has 0 saturated carbocycles. The lowest BCUT2D eigenvalue weighted by Gasteiger charge is -2.02. The van der Waals surface area contributed by atoms with Crippen LogP contribution < -0.4 is 0 Å². The van der Waals surface area contributed by atoms with Gasteiger partial charge in [-0.3, -0.25) is 0 Å². The van der Waals surface area contributed by atoms with E-state index in [0.717, 1.165) is 30.7 Å². The van der Waals surface area contributed by atoms with Crippen LogP contribution >= 0.6 is 34.4 Å². The molecule has 6 nitrogen and oxygen atoms in total. The molecule has 0 amide bonds. The van der Waals surface area contributed by atoms with Crippen LogP contribution in [0.2, 0.25) is 0 Å². The number of rotatable bonds is 4. The van der Waals surface area contributed by atoms with Crippen LogP contribution in [-0.4, -0.2) is 30.0 Å². The Balaban J connectivity index is 1.51. The van der Waals surface area contributed by atoms with Gasteiger partial charge in [0.1, 0.15) is 10.0 Å². The van der Waals surface area contributed by atoms with Gasteiger partial charge in [-0.05, 0) is 17.7 Å². The summed E-state index contributed by atoms with van der Waals surface area (Å²) >= 11 is 4.75. The number of aromatic nitrogens is 6. The Morgan fingerprint density at radius 3 is 2.73 bits per heavy atom. The third-order valence-electron chi connectivity index (χ3n) is 3.91. The summed E-state index contributed by atoms with van der Waals surface area (Å²) in [6.45, 7) is 1.95. The number of thioether (sulfide) groups is 1. The maximum atomic E-state index is 4.77. The zero-order chi connectivity index (χ0) is 17.5. The maximum Gasteiger partial charge on any atom is 0.235 e. The van der Waals surface area contributed by atoms with E-state index in [1.807, 2.05) is 11.4 Å². The summed E-state index contributed by atoms with van der Waals surface area (Å²) in [4.78, 5) is 0.803. The smallest absolute Gasteiger partial charge is 0.186 e. The summed E-state index contributed by atoms with van der Waals surface area (Å²) in [6.07, 6.45) is 0. The summed E-state index contributed by atoms with van der Waals surface area (Å²) in [5.41, 5.74) is 1.12. The van der Waals surface area contributed by atoms with Crippen LogP contribution in [0.25, 0.3) is 26.3 Å². The average Bonchev–Trinajstić information content (AvgIpc) is 3.35. The lowest BCUT2D eigenvalue weighted by Crippen LogP contribution is -1.94. The standard InChI is InChI=1S/C17H12N6S3/c1-10-18-21-17(25-10)24-9-14-19-20-16-23(14)22-15(26-16)13-8-4-6-11-5-2-3-7-12(11)13/h2-8H,9H2,1H3. The highest BCUT2D eigenvalue weighted by Crippen LogP contribution is 2.32. The molecule has 0 atom stereocenters. The van der Waals surface area contributed by atoms with Crippen molar-refractivity contribution in [3.8, 4) is 10.6 Å². The number of fused-ring (bicyclic) bond motifs is 2. The molecule has 0 radical (unpaired) electrons. The number of nitrogens with zero attached hydrogens (tertiary/aromatic N) is 6. The first-order chi connectivity index (χ1) is 12.8. The van der Waals surface area contributed by atoms with Crippen molar-refractivity contribution in [2.75, 3.05) is 0 Å². The van der Waals surface area contributed by atoms with Crippen molar-refractivity contribution in [3.05, 3.63) is 53.3 Å². The van der Waals surface area contributed by atoms with Crippen molar-refractivity contribution in [2.45, 2.75) is 17.0 Å². The molecule has 3 heterocycles. The highest BCUT2D eigenvalue weighted by Gasteiger charge is 2.15. The monoisotopic (exact) mass is 396 g/mol. The van der Waals surface area contributed by atoms with Crippen LogP contribution in [0.1, 0.15) is 10.8 Å². The molecule has 0 fully saturated rings. The minimum atomic E-state index is 0.661. The minimum absolute atomic E-state index is 0.661. The van der Waals surface area contributed by atoms with Gasteiger partial charge >= 0.3 is 0 Å². The number of hydrogen-bond donors (Lipinski definition) is 0. The zero-order valence-electron chi connectivity index (χ0n) is 13.7. The molecule has 5 aromatic rings. The first-order valence-electron chi connectivity index (χ1n) is 7.90. The van der Waals surface area contributed by atoms with E-state index < -0.39 is 0 Å². The van der Waals surface area contributed by atoms with Gasteiger partial charge in [0.15, 0.2) is 10.2 Å². The molecule has 0 aliphatic rings. The molecular formula is C17H12N6S3. The Bertz CT molecular complexity index is 1220. The van der Waals surface area contributed by atoms with Gasteiger partial charge in [0.05, 0.1) is 5.75 Å². The molecule has 3 aromatic heterocycles. The molecule has 5 rings (SSSR count). The van der Waals surface area contributed by atoms with Crippen LogP contribution in [0, 0.1) is 6.92 Å². The summed E-state index contributed by atoms with van der Waals surface area (Å²) in [7, 11) is 0. The van der Waals surface area contributed by atoms with E-state index in [1.54, 1.807) is 34.4 Å². The highest BCUT2D eigenvalue weighted by molar-refractivity contribution is 8.00. The van der Waals surface area contributed by atoms with Crippen molar-refractivity contribution in [2.24, 2.45) is 0 Å². The fourth-order valence-electron chi connectivity index (χ4n) is 2.73. The average molecular weight is 397 g/mol. The fourth-order valence-corrected chi connectivity index (χ4v) is 5.35. The second-order valence-corrected chi connectivity index (χ2v) is 8.98. The number of hydrogen-bond acceptors (Lipinski definition) is 8. The van der Waals surface area contributed by atoms with E-state index in [0.29, 0.717) is 5.75 Å². The second kappa shape index (κ2) is 6.42. The van der Waals surface area contributed by atoms with Gasteiger partial charge in [0, 0.05) is 5.56 Å². The Morgan fingerprint density at radius 1 is 0.962 bits per heavy atom. The van der Waals surface area contributed by atoms with E-state index in [-0.39, 0.29) is 0 Å². The molecule has 0 saturated heterocycles. The van der Waals surface area contributed by atoms with Gasteiger partial charge in [-0.2, -0.15) is 9.61 Å². The van der Waals surface area contributed by atoms with Gasteiger partial charge in [-0.25, -0.2) is 0 Å². The first kappa shape index (κ1) is 15.9. The van der Waals surface area contributed by atoms with Crippen molar-refractivity contribution in [3.63, 3.8) is 0 Å². The summed E-state index contributed by atoms with van der Waals surface area (Å²) in [6, 6.07) is 14.6. The quantitative estimate of drug-likeness (QED) is 0.418. The number of benzene rings is 2. The predicted octanol–water partition coefficient (Wildman–Crippen LogP) is 4.46. The van der Waals surface area contributed by atoms with Crippen LogP contribution in [0.3, 0.4) is 0 Å². The Kier molecular flexibility index (Phi) is 3.92. The molecule has 128 valence electrons. The molecular weight excluding hydrogens is 384 g/mol. The Labute approximate surface area is 160 Å². The Morgan fingerprint density at radius 2 is 1.85 bits per heavy atom. The van der Waals surface area contributed by atoms with Crippen LogP contribution in [0.5, 0.6) is 0 Å². The molecule has 0 spiro atoms. The van der Waals surface area contributed by atoms with Crippen molar-refractivity contribution in [1.29, 1.82) is 0 Å². The third kappa shape index (κ3) is 2.77. The van der Waals surface area contributed by atoms with Gasteiger partial charge in [-0.15, -0.1) is 20.4 Å². The summed E-state index contributed by atoms with van der Waals surface area (Å²) in [5.74, 6) is 1.48. The van der Waals surface area contributed by atoms with Crippen molar-refractivity contribution in [1.82, 2.24) is 30.0 Å². The molecule has 0 bridgehead atoms. The molecule has 9 heteroatoms. The van der Waals surface area contributed by atoms with E-state index >= 15 is 0 Å². The molecule has 2 aromatic carbocycles. The lowest BCUT2D eigenvalue weighted by atomic mass is 10.1. The van der Waals surface area contributed by atoms with Crippen LogP contribution in [0.15, 0.2) is 46.8 Å². The van der Waals surface area contributed by atoms with Gasteiger partial charge in [0.25, 0.3) is 0 Å². The molecule has 0 aliphatic heterocycles. The summed E-state index contributed by atoms with van der Waals surface area (Å²) < 4.78 is 2.77. The Hall–Kier alpha value is -2.36. The lowest BCUT2D eigenvalue weighted by molar-refractivity contribution is 0.886. The van der Waals surface area contributed by atoms with E-state index in [2.05, 4.69) is 62.9 Å². The molecule has 0 aliphatic carbocycles. The zero-order valence-corrected chi connectivity index (χ0v) is 16.1. The van der Waals surface area contributed by atoms with Gasteiger partial charge < -0.3 is 0 Å². The fraction of sp³-hybridized carbons (Fsp3) is 0.118. The largest absolute Gasteiger partial charge is 0.235 e. The van der Waals surface area contributed by atoms with E-state index in [1.165, 1.54) is 10.8 Å². The normalized spacial score (nSPS) is 11.6. The number of aryl methyl sites for hydroxylation is 1. The van der Waals surface area contributed by atoms with Crippen LogP contribution in [0.4, 0.5) is 0 Å². The third-order valence-corrected chi connectivity index (χ3v) is 6.81. The molecule has 0 N–H and O–H groups in total. The minimum Gasteiger partial charge on any atom is -0.186 e. The highest BCUT2D eigenvalue weighted by atomic mass is 32.2. The molecule has 26 heavy (non-hydrogen) atoms. The SMILES string of the molecule is Cc1nnc(SCc2nnc3sc(-c4cccc5ccccc45)nn23)s1.